The lowest BCUT2D eigenvalue weighted by molar-refractivity contribution is 0.0362. The Balaban J connectivity index is 2.08. The van der Waals surface area contributed by atoms with Gasteiger partial charge in [0.1, 0.15) is 0 Å². The summed E-state index contributed by atoms with van der Waals surface area (Å²) in [4.78, 5) is 14.1. The van der Waals surface area contributed by atoms with Gasteiger partial charge >= 0.3 is 0 Å². The summed E-state index contributed by atoms with van der Waals surface area (Å²) in [6, 6.07) is 6.93. The zero-order valence-corrected chi connectivity index (χ0v) is 11.5. The maximum absolute atomic E-state index is 12.4. The molecule has 1 heterocycles. The van der Waals surface area contributed by atoms with Crippen LogP contribution in [0.25, 0.3) is 0 Å². The van der Waals surface area contributed by atoms with E-state index in [-0.39, 0.29) is 17.8 Å². The van der Waals surface area contributed by atoms with Crippen LogP contribution in [-0.4, -0.2) is 48.2 Å². The van der Waals surface area contributed by atoms with Crippen LogP contribution in [0, 0.1) is 0 Å². The molecule has 0 spiro atoms. The number of benzene rings is 1. The second kappa shape index (κ2) is 6.38. The lowest BCUT2D eigenvalue weighted by atomic mass is 10.1. The van der Waals surface area contributed by atoms with E-state index in [4.69, 9.17) is 15.7 Å². The predicted octanol–water partition coefficient (Wildman–Crippen LogP) is 1.03. The minimum Gasteiger partial charge on any atom is -0.409 e. The fourth-order valence-electron chi connectivity index (χ4n) is 2.28. The van der Waals surface area contributed by atoms with Crippen LogP contribution in [0.15, 0.2) is 29.4 Å². The number of ether oxygens (including phenoxy) is 1. The zero-order chi connectivity index (χ0) is 14.5. The van der Waals surface area contributed by atoms with Crippen molar-refractivity contribution in [3.63, 3.8) is 0 Å². The third-order valence-electron chi connectivity index (χ3n) is 3.59. The quantitative estimate of drug-likeness (QED) is 0.374. The molecule has 1 aromatic carbocycles. The summed E-state index contributed by atoms with van der Waals surface area (Å²) >= 11 is 0. The number of nitrogens with zero attached hydrogens (tertiary/aromatic N) is 2. The molecule has 0 aliphatic carbocycles. The van der Waals surface area contributed by atoms with Crippen LogP contribution in [-0.2, 0) is 4.74 Å². The molecule has 1 fully saturated rings. The lowest BCUT2D eigenvalue weighted by Crippen LogP contribution is -2.40. The molecule has 6 nitrogen and oxygen atoms in total. The number of rotatable bonds is 3. The second-order valence-electron chi connectivity index (χ2n) is 4.82. The van der Waals surface area contributed by atoms with E-state index in [1.807, 2.05) is 7.05 Å². The summed E-state index contributed by atoms with van der Waals surface area (Å²) < 4.78 is 5.30. The van der Waals surface area contributed by atoms with Gasteiger partial charge in [-0.2, -0.15) is 0 Å². The van der Waals surface area contributed by atoms with Crippen LogP contribution >= 0.6 is 0 Å². The van der Waals surface area contributed by atoms with Gasteiger partial charge < -0.3 is 20.6 Å². The summed E-state index contributed by atoms with van der Waals surface area (Å²) in [6.07, 6.45) is 1.73. The van der Waals surface area contributed by atoms with Crippen molar-refractivity contribution in [1.82, 2.24) is 4.90 Å². The van der Waals surface area contributed by atoms with Crippen molar-refractivity contribution in [2.24, 2.45) is 10.9 Å². The molecule has 0 aromatic heterocycles. The molecule has 1 aliphatic rings. The number of nitrogens with two attached hydrogens (primary N) is 1. The van der Waals surface area contributed by atoms with Crippen molar-refractivity contribution < 1.29 is 14.7 Å². The third kappa shape index (κ3) is 3.08. The minimum absolute atomic E-state index is 0.0250. The molecule has 2 rings (SSSR count). The van der Waals surface area contributed by atoms with E-state index in [0.717, 1.165) is 12.8 Å². The highest BCUT2D eigenvalue weighted by Gasteiger charge is 2.23. The van der Waals surface area contributed by atoms with E-state index in [2.05, 4.69) is 5.16 Å². The smallest absolute Gasteiger partial charge is 0.253 e. The zero-order valence-electron chi connectivity index (χ0n) is 11.5. The standard InChI is InChI=1S/C14H19N3O3/c1-17(12-6-8-20-9-7-12)14(18)11-4-2-10(3-5-11)13(15)16-19/h2-5,12,19H,6-9H2,1H3,(H2,15,16). The van der Waals surface area contributed by atoms with Gasteiger partial charge in [0, 0.05) is 37.4 Å². The molecule has 0 saturated carbocycles. The highest BCUT2D eigenvalue weighted by atomic mass is 16.5. The van der Waals surface area contributed by atoms with Crippen molar-refractivity contribution in [2.75, 3.05) is 20.3 Å². The maximum Gasteiger partial charge on any atom is 0.253 e. The Morgan fingerprint density at radius 2 is 1.85 bits per heavy atom. The predicted molar refractivity (Wildman–Crippen MR) is 74.9 cm³/mol. The van der Waals surface area contributed by atoms with E-state index in [9.17, 15) is 4.79 Å². The number of carbonyl (C=O) groups excluding carboxylic acids is 1. The average Bonchev–Trinajstić information content (AvgIpc) is 2.53. The molecule has 1 saturated heterocycles. The molecule has 1 amide bonds. The van der Waals surface area contributed by atoms with E-state index in [0.29, 0.717) is 24.3 Å². The molecule has 0 radical (unpaired) electrons. The lowest BCUT2D eigenvalue weighted by Gasteiger charge is -2.31. The number of amidine groups is 1. The third-order valence-corrected chi connectivity index (χ3v) is 3.59. The molecule has 6 heteroatoms. The number of amides is 1. The first-order valence-electron chi connectivity index (χ1n) is 6.56. The summed E-state index contributed by atoms with van der Waals surface area (Å²) in [5, 5.41) is 11.5. The Bertz CT molecular complexity index is 493. The first kappa shape index (κ1) is 14.3. The van der Waals surface area contributed by atoms with Gasteiger partial charge in [0.2, 0.25) is 0 Å². The molecule has 20 heavy (non-hydrogen) atoms. The molecule has 0 atom stereocenters. The molecule has 0 unspecified atom stereocenters. The summed E-state index contributed by atoms with van der Waals surface area (Å²) in [5.74, 6) is 0.00439. The number of oxime groups is 1. The fourth-order valence-corrected chi connectivity index (χ4v) is 2.28. The SMILES string of the molecule is CN(C(=O)c1ccc(/C(N)=N/O)cc1)C1CCOCC1. The Kier molecular flexibility index (Phi) is 4.57. The normalized spacial score (nSPS) is 16.9. The van der Waals surface area contributed by atoms with Gasteiger partial charge in [-0.1, -0.05) is 17.3 Å². The van der Waals surface area contributed by atoms with Crippen molar-refractivity contribution in [2.45, 2.75) is 18.9 Å². The van der Waals surface area contributed by atoms with Crippen molar-refractivity contribution >= 4 is 11.7 Å². The van der Waals surface area contributed by atoms with E-state index in [1.54, 1.807) is 29.2 Å². The summed E-state index contributed by atoms with van der Waals surface area (Å²) in [7, 11) is 1.82. The number of hydrogen-bond acceptors (Lipinski definition) is 4. The van der Waals surface area contributed by atoms with Crippen LogP contribution in [0.3, 0.4) is 0 Å². The molecule has 1 aliphatic heterocycles. The van der Waals surface area contributed by atoms with E-state index >= 15 is 0 Å². The van der Waals surface area contributed by atoms with Crippen LogP contribution < -0.4 is 5.73 Å². The van der Waals surface area contributed by atoms with Crippen molar-refractivity contribution in [3.8, 4) is 0 Å². The first-order chi connectivity index (χ1) is 9.63. The Morgan fingerprint density at radius 1 is 1.30 bits per heavy atom. The van der Waals surface area contributed by atoms with Crippen LogP contribution in [0.2, 0.25) is 0 Å². The first-order valence-corrected chi connectivity index (χ1v) is 6.56. The topological polar surface area (TPSA) is 88.2 Å². The Hall–Kier alpha value is -2.08. The van der Waals surface area contributed by atoms with E-state index in [1.165, 1.54) is 0 Å². The largest absolute Gasteiger partial charge is 0.409 e. The second-order valence-corrected chi connectivity index (χ2v) is 4.82. The molecule has 1 aromatic rings. The average molecular weight is 277 g/mol. The molecule has 0 bridgehead atoms. The maximum atomic E-state index is 12.4. The van der Waals surface area contributed by atoms with Gasteiger partial charge in [0.15, 0.2) is 5.84 Å². The monoisotopic (exact) mass is 277 g/mol. The minimum atomic E-state index is -0.0250. The molecule has 3 N–H and O–H groups in total. The van der Waals surface area contributed by atoms with Gasteiger partial charge in [-0.25, -0.2) is 0 Å². The van der Waals surface area contributed by atoms with E-state index < -0.39 is 0 Å². The Morgan fingerprint density at radius 3 is 2.40 bits per heavy atom. The highest BCUT2D eigenvalue weighted by molar-refractivity contribution is 5.99. The van der Waals surface area contributed by atoms with Crippen molar-refractivity contribution in [1.29, 1.82) is 0 Å². The number of hydrogen-bond donors (Lipinski definition) is 2. The van der Waals surface area contributed by atoms with Gasteiger partial charge in [-0.3, -0.25) is 4.79 Å². The van der Waals surface area contributed by atoms with Gasteiger partial charge in [0.25, 0.3) is 5.91 Å². The summed E-state index contributed by atoms with van der Waals surface area (Å²) in [6.45, 7) is 1.40. The molecular formula is C14H19N3O3. The van der Waals surface area contributed by atoms with Gasteiger partial charge in [0.05, 0.1) is 0 Å². The van der Waals surface area contributed by atoms with Crippen LogP contribution in [0.1, 0.15) is 28.8 Å². The summed E-state index contributed by atoms with van der Waals surface area (Å²) in [5.41, 5.74) is 6.66. The van der Waals surface area contributed by atoms with Crippen molar-refractivity contribution in [3.05, 3.63) is 35.4 Å². The molecule has 108 valence electrons. The number of carbonyl (C=O) groups is 1. The van der Waals surface area contributed by atoms with Gasteiger partial charge in [-0.15, -0.1) is 0 Å². The van der Waals surface area contributed by atoms with Gasteiger partial charge in [-0.05, 0) is 25.0 Å². The Labute approximate surface area is 117 Å². The van der Waals surface area contributed by atoms with Crippen LogP contribution in [0.5, 0.6) is 0 Å². The molecular weight excluding hydrogens is 258 g/mol. The highest BCUT2D eigenvalue weighted by Crippen LogP contribution is 2.16. The fraction of sp³-hybridized carbons (Fsp3) is 0.429. The van der Waals surface area contributed by atoms with Crippen LogP contribution in [0.4, 0.5) is 0 Å².